The number of halogens is 1. The number of nitrogens with one attached hydrogen (secondary N) is 1. The van der Waals surface area contributed by atoms with Gasteiger partial charge in [-0.25, -0.2) is 4.39 Å². The van der Waals surface area contributed by atoms with Gasteiger partial charge in [-0.3, -0.25) is 0 Å². The van der Waals surface area contributed by atoms with E-state index in [1.807, 2.05) is 13.8 Å². The van der Waals surface area contributed by atoms with Gasteiger partial charge in [0, 0.05) is 23.1 Å². The molecule has 0 amide bonds. The number of hydrogen-bond donors (Lipinski definition) is 2. The smallest absolute Gasteiger partial charge is 0.129 e. The lowest BCUT2D eigenvalue weighted by atomic mass is 9.90. The summed E-state index contributed by atoms with van der Waals surface area (Å²) in [5.74, 6) is -0.172. The van der Waals surface area contributed by atoms with E-state index in [1.54, 1.807) is 18.2 Å². The maximum Gasteiger partial charge on any atom is 0.129 e. The minimum absolute atomic E-state index is 0.0319. The molecule has 3 rings (SSSR count). The van der Waals surface area contributed by atoms with Gasteiger partial charge in [-0.15, -0.1) is 0 Å². The van der Waals surface area contributed by atoms with E-state index in [4.69, 9.17) is 0 Å². The lowest BCUT2D eigenvalue weighted by Crippen LogP contribution is -2.53. The molecule has 1 saturated carbocycles. The van der Waals surface area contributed by atoms with Crippen molar-refractivity contribution in [3.63, 3.8) is 0 Å². The topological polar surface area (TPSA) is 32.3 Å². The Hall–Kier alpha value is -0.930. The third-order valence-electron chi connectivity index (χ3n) is 3.78. The number of benzene rings is 1. The van der Waals surface area contributed by atoms with E-state index in [-0.39, 0.29) is 23.3 Å². The third kappa shape index (κ3) is 0.950. The molecule has 0 radical (unpaired) electrons. The van der Waals surface area contributed by atoms with Crippen LogP contribution in [0.4, 0.5) is 4.39 Å². The molecule has 1 aromatic rings. The first-order valence-electron chi connectivity index (χ1n) is 5.23. The van der Waals surface area contributed by atoms with Crippen molar-refractivity contribution in [3.8, 4) is 0 Å². The van der Waals surface area contributed by atoms with Crippen LogP contribution in [0.1, 0.15) is 19.4 Å². The van der Waals surface area contributed by atoms with Gasteiger partial charge in [-0.1, -0.05) is 18.2 Å². The van der Waals surface area contributed by atoms with Crippen molar-refractivity contribution in [1.29, 1.82) is 0 Å². The Kier molecular flexibility index (Phi) is 1.50. The van der Waals surface area contributed by atoms with Gasteiger partial charge >= 0.3 is 0 Å². The summed E-state index contributed by atoms with van der Waals surface area (Å²) in [7, 11) is 0. The average Bonchev–Trinajstić information content (AvgIpc) is 2.67. The molecule has 1 heterocycles. The Morgan fingerprint density at radius 3 is 2.47 bits per heavy atom. The molecule has 2 N–H and O–H groups in total. The number of rotatable bonds is 1. The van der Waals surface area contributed by atoms with Crippen LogP contribution >= 0.6 is 0 Å². The first kappa shape index (κ1) is 9.31. The lowest BCUT2D eigenvalue weighted by molar-refractivity contribution is 0.125. The van der Waals surface area contributed by atoms with Gasteiger partial charge in [-0.2, -0.15) is 0 Å². The molecule has 3 heteroatoms. The van der Waals surface area contributed by atoms with Crippen molar-refractivity contribution in [2.45, 2.75) is 31.0 Å². The van der Waals surface area contributed by atoms with Crippen LogP contribution in [0.3, 0.4) is 0 Å². The summed E-state index contributed by atoms with van der Waals surface area (Å²) in [5, 5.41) is 13.7. The quantitative estimate of drug-likeness (QED) is 0.729. The highest BCUT2D eigenvalue weighted by molar-refractivity contribution is 5.43. The van der Waals surface area contributed by atoms with Crippen molar-refractivity contribution >= 4 is 0 Å². The maximum atomic E-state index is 13.6. The van der Waals surface area contributed by atoms with Crippen molar-refractivity contribution in [2.24, 2.45) is 5.92 Å². The van der Waals surface area contributed by atoms with E-state index in [0.29, 0.717) is 5.56 Å². The number of aliphatic hydroxyl groups is 1. The second kappa shape index (κ2) is 2.42. The fraction of sp³-hybridized carbons (Fsp3) is 0.500. The Labute approximate surface area is 88.1 Å². The van der Waals surface area contributed by atoms with Gasteiger partial charge < -0.3 is 10.4 Å². The summed E-state index contributed by atoms with van der Waals surface area (Å²) < 4.78 is 13.6. The van der Waals surface area contributed by atoms with Crippen molar-refractivity contribution in [1.82, 2.24) is 5.32 Å². The molecule has 1 aliphatic heterocycles. The second-order valence-corrected chi connectivity index (χ2v) is 5.13. The van der Waals surface area contributed by atoms with Gasteiger partial charge in [0.2, 0.25) is 0 Å². The average molecular weight is 207 g/mol. The van der Waals surface area contributed by atoms with E-state index in [9.17, 15) is 9.50 Å². The van der Waals surface area contributed by atoms with Gasteiger partial charge in [0.15, 0.2) is 0 Å². The molecule has 1 saturated heterocycles. The molecule has 0 bridgehead atoms. The van der Waals surface area contributed by atoms with Crippen LogP contribution in [0.25, 0.3) is 0 Å². The standard InChI is InChI=1S/C12H14FNO/c1-11(2)9-10(14-11)12(9,15)7-5-3-4-6-8(7)13/h3-6,9-10,14-15H,1-2H3/t9?,10-,12-/m0/s1. The molecule has 1 aromatic carbocycles. The molecule has 2 fully saturated rings. The fourth-order valence-corrected chi connectivity index (χ4v) is 3.05. The van der Waals surface area contributed by atoms with E-state index >= 15 is 0 Å². The van der Waals surface area contributed by atoms with Gasteiger partial charge in [0.1, 0.15) is 11.4 Å². The van der Waals surface area contributed by atoms with Crippen molar-refractivity contribution in [2.75, 3.05) is 0 Å². The predicted molar refractivity (Wildman–Crippen MR) is 54.8 cm³/mol. The van der Waals surface area contributed by atoms with Crippen molar-refractivity contribution < 1.29 is 9.50 Å². The van der Waals surface area contributed by atoms with Crippen LogP contribution in [0.5, 0.6) is 0 Å². The second-order valence-electron chi connectivity index (χ2n) is 5.13. The van der Waals surface area contributed by atoms with E-state index in [1.165, 1.54) is 6.07 Å². The molecule has 2 nitrogen and oxygen atoms in total. The van der Waals surface area contributed by atoms with E-state index < -0.39 is 5.60 Å². The first-order valence-corrected chi connectivity index (χ1v) is 5.23. The highest BCUT2D eigenvalue weighted by Gasteiger charge is 2.78. The molecule has 80 valence electrons. The summed E-state index contributed by atoms with van der Waals surface area (Å²) in [5.41, 5.74) is -0.644. The predicted octanol–water partition coefficient (Wildman–Crippen LogP) is 1.39. The normalized spacial score (nSPS) is 40.5. The maximum absolute atomic E-state index is 13.6. The van der Waals surface area contributed by atoms with Gasteiger partial charge in [-0.05, 0) is 19.9 Å². The fourth-order valence-electron chi connectivity index (χ4n) is 3.05. The molecular weight excluding hydrogens is 193 g/mol. The van der Waals surface area contributed by atoms with E-state index in [0.717, 1.165) is 0 Å². The van der Waals surface area contributed by atoms with Crippen LogP contribution < -0.4 is 5.32 Å². The molecule has 15 heavy (non-hydrogen) atoms. The lowest BCUT2D eigenvalue weighted by Gasteiger charge is -2.34. The van der Waals surface area contributed by atoms with Crippen LogP contribution in [-0.4, -0.2) is 16.7 Å². The minimum atomic E-state index is -0.991. The number of fused-ring (bicyclic) bond motifs is 1. The summed E-state index contributed by atoms with van der Waals surface area (Å²) in [6.45, 7) is 4.07. The van der Waals surface area contributed by atoms with Gasteiger partial charge in [0.05, 0.1) is 0 Å². The molecule has 0 spiro atoms. The van der Waals surface area contributed by atoms with Gasteiger partial charge in [0.25, 0.3) is 0 Å². The number of hydrogen-bond acceptors (Lipinski definition) is 2. The Morgan fingerprint density at radius 1 is 1.33 bits per heavy atom. The highest BCUT2D eigenvalue weighted by Crippen LogP contribution is 2.64. The summed E-state index contributed by atoms with van der Waals surface area (Å²) in [4.78, 5) is 0. The zero-order chi connectivity index (χ0) is 10.8. The van der Waals surface area contributed by atoms with Crippen LogP contribution in [-0.2, 0) is 5.60 Å². The Balaban J connectivity index is 2.01. The highest BCUT2D eigenvalue weighted by atomic mass is 19.1. The summed E-state index contributed by atoms with van der Waals surface area (Å²) in [6, 6.07) is 6.51. The molecule has 0 aromatic heterocycles. The van der Waals surface area contributed by atoms with Crippen molar-refractivity contribution in [3.05, 3.63) is 35.6 Å². The zero-order valence-electron chi connectivity index (χ0n) is 8.79. The molecule has 1 unspecified atom stereocenters. The minimum Gasteiger partial charge on any atom is -0.383 e. The molecule has 3 atom stereocenters. The monoisotopic (exact) mass is 207 g/mol. The molecular formula is C12H14FNO. The Morgan fingerprint density at radius 2 is 2.00 bits per heavy atom. The van der Waals surface area contributed by atoms with Crippen LogP contribution in [0.2, 0.25) is 0 Å². The SMILES string of the molecule is CC1(C)N[C@H]2C1[C@@]2(O)c1ccccc1F. The molecule has 2 aliphatic rings. The first-order chi connectivity index (χ1) is 6.98. The summed E-state index contributed by atoms with van der Waals surface area (Å²) in [6.07, 6.45) is 0. The third-order valence-corrected chi connectivity index (χ3v) is 3.78. The molecule has 1 aliphatic carbocycles. The summed E-state index contributed by atoms with van der Waals surface area (Å²) >= 11 is 0. The van der Waals surface area contributed by atoms with E-state index in [2.05, 4.69) is 5.32 Å². The zero-order valence-corrected chi connectivity index (χ0v) is 8.79. The Bertz CT molecular complexity index is 431. The largest absolute Gasteiger partial charge is 0.383 e. The van der Waals surface area contributed by atoms with Crippen LogP contribution in [0.15, 0.2) is 24.3 Å². The van der Waals surface area contributed by atoms with Crippen LogP contribution in [0, 0.1) is 11.7 Å².